The molecule has 0 aliphatic carbocycles. The molecule has 0 aliphatic heterocycles. The molecule has 0 amide bonds. The first-order valence-corrected chi connectivity index (χ1v) is 7.42. The van der Waals surface area contributed by atoms with Crippen LogP contribution in [-0.2, 0) is 12.6 Å². The number of anilines is 1. The van der Waals surface area contributed by atoms with Gasteiger partial charge in [0.2, 0.25) is 0 Å². The lowest BCUT2D eigenvalue weighted by Gasteiger charge is -2.22. The summed E-state index contributed by atoms with van der Waals surface area (Å²) < 4.78 is 39.6. The third kappa shape index (κ3) is 5.58. The van der Waals surface area contributed by atoms with E-state index in [0.717, 1.165) is 25.8 Å². The van der Waals surface area contributed by atoms with Gasteiger partial charge in [0.15, 0.2) is 0 Å². The number of hydrogen-bond acceptors (Lipinski definition) is 2. The van der Waals surface area contributed by atoms with Crippen LogP contribution in [0.15, 0.2) is 18.2 Å². The summed E-state index contributed by atoms with van der Waals surface area (Å²) in [4.78, 5) is 1.88. The first kappa shape index (κ1) is 17.8. The van der Waals surface area contributed by atoms with E-state index >= 15 is 0 Å². The highest BCUT2D eigenvalue weighted by atomic mass is 19.4. The van der Waals surface area contributed by atoms with Crippen molar-refractivity contribution < 1.29 is 13.2 Å². The van der Waals surface area contributed by atoms with Crippen LogP contribution in [0.1, 0.15) is 44.2 Å². The van der Waals surface area contributed by atoms with Crippen LogP contribution >= 0.6 is 0 Å². The molecule has 5 heteroatoms. The normalized spacial score (nSPS) is 13.3. The number of halogens is 3. The second-order valence-corrected chi connectivity index (χ2v) is 5.65. The van der Waals surface area contributed by atoms with Gasteiger partial charge >= 0.3 is 6.18 Å². The Bertz CT molecular complexity index is 442. The zero-order valence-electron chi connectivity index (χ0n) is 13.0. The molecule has 0 heterocycles. The van der Waals surface area contributed by atoms with Crippen molar-refractivity contribution >= 4 is 5.69 Å². The molecule has 1 atom stereocenters. The summed E-state index contributed by atoms with van der Waals surface area (Å²) >= 11 is 0. The molecule has 21 heavy (non-hydrogen) atoms. The van der Waals surface area contributed by atoms with Crippen molar-refractivity contribution in [2.75, 3.05) is 18.5 Å². The predicted octanol–water partition coefficient (Wildman–Crippen LogP) is 4.22. The van der Waals surface area contributed by atoms with E-state index in [-0.39, 0.29) is 18.0 Å². The summed E-state index contributed by atoms with van der Waals surface area (Å²) in [6.45, 7) is 4.58. The Balaban J connectivity index is 2.98. The number of hydrogen-bond donors (Lipinski definition) is 1. The number of nitrogens with two attached hydrogens (primary N) is 1. The molecular weight excluding hydrogens is 277 g/mol. The molecule has 2 nitrogen and oxygen atoms in total. The maximum absolute atomic E-state index is 13.2. The quantitative estimate of drug-likeness (QED) is 0.764. The lowest BCUT2D eigenvalue weighted by Crippen LogP contribution is -2.22. The minimum absolute atomic E-state index is 0.231. The van der Waals surface area contributed by atoms with Crippen molar-refractivity contribution in [2.45, 2.75) is 51.7 Å². The summed E-state index contributed by atoms with van der Waals surface area (Å²) in [5.41, 5.74) is 5.94. The molecule has 0 saturated heterocycles. The van der Waals surface area contributed by atoms with Crippen LogP contribution in [0, 0.1) is 0 Å². The Hall–Kier alpha value is -1.23. The van der Waals surface area contributed by atoms with Crippen LogP contribution in [0.4, 0.5) is 18.9 Å². The number of rotatable bonds is 7. The van der Waals surface area contributed by atoms with Gasteiger partial charge in [0.05, 0.1) is 5.56 Å². The smallest absolute Gasteiger partial charge is 0.375 e. The van der Waals surface area contributed by atoms with Gasteiger partial charge in [-0.05, 0) is 37.5 Å². The van der Waals surface area contributed by atoms with Crippen LogP contribution in [0.25, 0.3) is 0 Å². The zero-order valence-corrected chi connectivity index (χ0v) is 13.0. The average Bonchev–Trinajstić information content (AvgIpc) is 2.37. The average molecular weight is 302 g/mol. The Kier molecular flexibility index (Phi) is 6.52. The fourth-order valence-electron chi connectivity index (χ4n) is 2.32. The first-order valence-electron chi connectivity index (χ1n) is 7.42. The molecule has 0 radical (unpaired) electrons. The minimum Gasteiger partial charge on any atom is -0.375 e. The van der Waals surface area contributed by atoms with Gasteiger partial charge in [-0.2, -0.15) is 13.2 Å². The van der Waals surface area contributed by atoms with E-state index in [9.17, 15) is 13.2 Å². The molecule has 2 N–H and O–H groups in total. The maximum atomic E-state index is 13.2. The molecule has 1 aromatic carbocycles. The molecule has 0 fully saturated rings. The summed E-state index contributed by atoms with van der Waals surface area (Å²) in [5.74, 6) is 0. The number of unbranched alkanes of at least 4 members (excludes halogenated alkanes) is 2. The second-order valence-electron chi connectivity index (χ2n) is 5.65. The van der Waals surface area contributed by atoms with Gasteiger partial charge in [-0.3, -0.25) is 0 Å². The van der Waals surface area contributed by atoms with Gasteiger partial charge in [-0.1, -0.05) is 25.8 Å². The molecule has 1 aromatic rings. The summed E-state index contributed by atoms with van der Waals surface area (Å²) in [5, 5.41) is 0. The van der Waals surface area contributed by atoms with Crippen LogP contribution in [0.2, 0.25) is 0 Å². The van der Waals surface area contributed by atoms with Crippen LogP contribution in [-0.4, -0.2) is 19.6 Å². The molecule has 0 spiro atoms. The molecule has 0 bridgehead atoms. The predicted molar refractivity (Wildman–Crippen MR) is 81.6 cm³/mol. The largest absolute Gasteiger partial charge is 0.416 e. The van der Waals surface area contributed by atoms with Crippen molar-refractivity contribution in [1.29, 1.82) is 0 Å². The number of benzene rings is 1. The first-order chi connectivity index (χ1) is 9.75. The topological polar surface area (TPSA) is 29.3 Å². The third-order valence-corrected chi connectivity index (χ3v) is 3.48. The highest BCUT2D eigenvalue weighted by molar-refractivity contribution is 5.51. The number of nitrogens with zero attached hydrogens (tertiary/aromatic N) is 1. The fourth-order valence-corrected chi connectivity index (χ4v) is 2.32. The van der Waals surface area contributed by atoms with Gasteiger partial charge in [0, 0.05) is 25.3 Å². The SMILES string of the molecule is CCCCCN(C)c1ccc(CC(C)N)c(C(F)(F)F)c1. The van der Waals surface area contributed by atoms with Crippen molar-refractivity contribution in [3.8, 4) is 0 Å². The molecule has 0 aliphatic rings. The molecule has 0 aromatic heterocycles. The van der Waals surface area contributed by atoms with E-state index in [1.54, 1.807) is 19.1 Å². The van der Waals surface area contributed by atoms with E-state index in [1.165, 1.54) is 6.07 Å². The van der Waals surface area contributed by atoms with Crippen LogP contribution < -0.4 is 10.6 Å². The zero-order chi connectivity index (χ0) is 16.0. The Morgan fingerprint density at radius 1 is 1.24 bits per heavy atom. The summed E-state index contributed by atoms with van der Waals surface area (Å²) in [6.07, 6.45) is -0.955. The van der Waals surface area contributed by atoms with Gasteiger partial charge in [0.1, 0.15) is 0 Å². The second kappa shape index (κ2) is 7.69. The Morgan fingerprint density at radius 3 is 2.43 bits per heavy atom. The molecular formula is C16H25F3N2. The summed E-state index contributed by atoms with van der Waals surface area (Å²) in [7, 11) is 1.83. The lowest BCUT2D eigenvalue weighted by atomic mass is 9.99. The fraction of sp³-hybridized carbons (Fsp3) is 0.625. The van der Waals surface area contributed by atoms with E-state index in [1.807, 2.05) is 11.9 Å². The number of alkyl halides is 3. The molecule has 1 rings (SSSR count). The van der Waals surface area contributed by atoms with Crippen molar-refractivity contribution in [3.63, 3.8) is 0 Å². The van der Waals surface area contributed by atoms with E-state index in [0.29, 0.717) is 5.69 Å². The molecule has 120 valence electrons. The monoisotopic (exact) mass is 302 g/mol. The Morgan fingerprint density at radius 2 is 1.90 bits per heavy atom. The van der Waals surface area contributed by atoms with E-state index in [2.05, 4.69) is 6.92 Å². The van der Waals surface area contributed by atoms with E-state index < -0.39 is 11.7 Å². The minimum atomic E-state index is -4.34. The van der Waals surface area contributed by atoms with Crippen molar-refractivity contribution in [2.24, 2.45) is 5.73 Å². The Labute approximate surface area is 125 Å². The standard InChI is InChI=1S/C16H25F3N2/c1-4-5-6-9-21(3)14-8-7-13(10-12(2)20)15(11-14)16(17,18)19/h7-8,11-12H,4-6,9-10,20H2,1-3H3. The van der Waals surface area contributed by atoms with Gasteiger partial charge < -0.3 is 10.6 Å². The summed E-state index contributed by atoms with van der Waals surface area (Å²) in [6, 6.07) is 4.25. The maximum Gasteiger partial charge on any atom is 0.416 e. The van der Waals surface area contributed by atoms with Crippen LogP contribution in [0.5, 0.6) is 0 Å². The molecule has 0 saturated carbocycles. The highest BCUT2D eigenvalue weighted by Gasteiger charge is 2.33. The lowest BCUT2D eigenvalue weighted by molar-refractivity contribution is -0.138. The van der Waals surface area contributed by atoms with Crippen molar-refractivity contribution in [3.05, 3.63) is 29.3 Å². The van der Waals surface area contributed by atoms with E-state index in [4.69, 9.17) is 5.73 Å². The third-order valence-electron chi connectivity index (χ3n) is 3.48. The van der Waals surface area contributed by atoms with Crippen molar-refractivity contribution in [1.82, 2.24) is 0 Å². The van der Waals surface area contributed by atoms with Gasteiger partial charge in [-0.25, -0.2) is 0 Å². The van der Waals surface area contributed by atoms with Gasteiger partial charge in [-0.15, -0.1) is 0 Å². The highest BCUT2D eigenvalue weighted by Crippen LogP contribution is 2.35. The molecule has 1 unspecified atom stereocenters. The van der Waals surface area contributed by atoms with Crippen LogP contribution in [0.3, 0.4) is 0 Å². The van der Waals surface area contributed by atoms with Gasteiger partial charge in [0.25, 0.3) is 0 Å².